The standard InChI is InChI=1S/C17H22N2O4/c1-22-7-6-19-16(20)14-10-18(11-15(14)17(19)21)9-12-4-3-5-13(8-12)23-2/h3-5,8,14-15H,6-7,9-11H2,1-2H3/t14-,15+. The van der Waals surface area contributed by atoms with Crippen LogP contribution in [0.25, 0.3) is 0 Å². The molecule has 6 nitrogen and oxygen atoms in total. The zero-order valence-corrected chi connectivity index (χ0v) is 13.5. The number of amides is 2. The number of carbonyl (C=O) groups is 2. The number of likely N-dealkylation sites (tertiary alicyclic amines) is 2. The summed E-state index contributed by atoms with van der Waals surface area (Å²) in [6.07, 6.45) is 0. The minimum absolute atomic E-state index is 0.0507. The lowest BCUT2D eigenvalue weighted by molar-refractivity contribution is -0.141. The molecule has 0 spiro atoms. The van der Waals surface area contributed by atoms with E-state index in [9.17, 15) is 9.59 Å². The SMILES string of the molecule is COCCN1C(=O)[C@H]2CN(Cc3cccc(OC)c3)C[C@H]2C1=O. The highest BCUT2D eigenvalue weighted by Gasteiger charge is 2.51. The van der Waals surface area contributed by atoms with E-state index in [2.05, 4.69) is 4.90 Å². The molecule has 2 heterocycles. The van der Waals surface area contributed by atoms with Crippen LogP contribution in [0.1, 0.15) is 5.56 Å². The molecule has 2 fully saturated rings. The third kappa shape index (κ3) is 3.09. The Labute approximate surface area is 136 Å². The molecule has 3 rings (SSSR count). The second-order valence-corrected chi connectivity index (χ2v) is 6.08. The lowest BCUT2D eigenvalue weighted by Crippen LogP contribution is -2.37. The van der Waals surface area contributed by atoms with Gasteiger partial charge in [0.1, 0.15) is 5.75 Å². The fraction of sp³-hybridized carbons (Fsp3) is 0.529. The summed E-state index contributed by atoms with van der Waals surface area (Å²) in [5.74, 6) is 0.310. The Morgan fingerprint density at radius 2 is 1.83 bits per heavy atom. The van der Waals surface area contributed by atoms with E-state index >= 15 is 0 Å². The lowest BCUT2D eigenvalue weighted by atomic mass is 10.00. The molecule has 0 saturated carbocycles. The van der Waals surface area contributed by atoms with Gasteiger partial charge in [-0.3, -0.25) is 19.4 Å². The molecule has 0 radical (unpaired) electrons. The predicted octanol–water partition coefficient (Wildman–Crippen LogP) is 0.758. The molecule has 0 unspecified atom stereocenters. The second-order valence-electron chi connectivity index (χ2n) is 6.08. The first-order chi connectivity index (χ1) is 11.1. The largest absolute Gasteiger partial charge is 0.497 e. The van der Waals surface area contributed by atoms with Crippen LogP contribution >= 0.6 is 0 Å². The number of hydrogen-bond acceptors (Lipinski definition) is 5. The number of rotatable bonds is 6. The monoisotopic (exact) mass is 318 g/mol. The average Bonchev–Trinajstić information content (AvgIpc) is 3.06. The van der Waals surface area contributed by atoms with Crippen LogP contribution in [-0.2, 0) is 20.9 Å². The number of fused-ring (bicyclic) bond motifs is 1. The summed E-state index contributed by atoms with van der Waals surface area (Å²) < 4.78 is 10.2. The van der Waals surface area contributed by atoms with Crippen molar-refractivity contribution in [2.75, 3.05) is 40.5 Å². The molecule has 0 aliphatic carbocycles. The average molecular weight is 318 g/mol. The predicted molar refractivity (Wildman–Crippen MR) is 83.8 cm³/mol. The quantitative estimate of drug-likeness (QED) is 0.725. The van der Waals surface area contributed by atoms with Crippen molar-refractivity contribution < 1.29 is 19.1 Å². The van der Waals surface area contributed by atoms with Crippen LogP contribution in [0.2, 0.25) is 0 Å². The van der Waals surface area contributed by atoms with E-state index in [1.54, 1.807) is 14.2 Å². The maximum absolute atomic E-state index is 12.4. The Balaban J connectivity index is 1.64. The maximum Gasteiger partial charge on any atom is 0.234 e. The van der Waals surface area contributed by atoms with Gasteiger partial charge in [0, 0.05) is 26.7 Å². The van der Waals surface area contributed by atoms with E-state index in [0.717, 1.165) is 17.9 Å². The Hall–Kier alpha value is -1.92. The second kappa shape index (κ2) is 6.68. The fourth-order valence-corrected chi connectivity index (χ4v) is 3.46. The van der Waals surface area contributed by atoms with Gasteiger partial charge in [-0.1, -0.05) is 12.1 Å². The molecule has 1 aromatic rings. The molecule has 2 atom stereocenters. The first kappa shape index (κ1) is 16.0. The van der Waals surface area contributed by atoms with Crippen LogP contribution in [0.5, 0.6) is 5.75 Å². The van der Waals surface area contributed by atoms with Crippen molar-refractivity contribution in [2.24, 2.45) is 11.8 Å². The summed E-state index contributed by atoms with van der Waals surface area (Å²) >= 11 is 0. The summed E-state index contributed by atoms with van der Waals surface area (Å²) in [7, 11) is 3.22. The lowest BCUT2D eigenvalue weighted by Gasteiger charge is -2.20. The van der Waals surface area contributed by atoms with Gasteiger partial charge in [-0.05, 0) is 17.7 Å². The van der Waals surface area contributed by atoms with Crippen LogP contribution in [0.3, 0.4) is 0 Å². The van der Waals surface area contributed by atoms with Gasteiger partial charge >= 0.3 is 0 Å². The summed E-state index contributed by atoms with van der Waals surface area (Å²) in [4.78, 5) is 28.3. The van der Waals surface area contributed by atoms with Crippen LogP contribution in [-0.4, -0.2) is 62.1 Å². The molecule has 124 valence electrons. The van der Waals surface area contributed by atoms with Crippen molar-refractivity contribution in [2.45, 2.75) is 6.54 Å². The molecule has 0 bridgehead atoms. The van der Waals surface area contributed by atoms with Crippen LogP contribution in [0, 0.1) is 11.8 Å². The van der Waals surface area contributed by atoms with Gasteiger partial charge in [-0.15, -0.1) is 0 Å². The first-order valence-electron chi connectivity index (χ1n) is 7.83. The summed E-state index contributed by atoms with van der Waals surface area (Å²) in [6.45, 7) is 2.75. The summed E-state index contributed by atoms with van der Waals surface area (Å²) in [5, 5.41) is 0. The number of ether oxygens (including phenoxy) is 2. The number of methoxy groups -OCH3 is 2. The number of imide groups is 1. The molecule has 2 amide bonds. The highest BCUT2D eigenvalue weighted by molar-refractivity contribution is 6.05. The molecule has 23 heavy (non-hydrogen) atoms. The minimum atomic E-state index is -0.204. The topological polar surface area (TPSA) is 59.1 Å². The summed E-state index contributed by atoms with van der Waals surface area (Å²) in [6, 6.07) is 7.88. The highest BCUT2D eigenvalue weighted by Crippen LogP contribution is 2.34. The van der Waals surface area contributed by atoms with Gasteiger partial charge in [-0.25, -0.2) is 0 Å². The van der Waals surface area contributed by atoms with Crippen molar-refractivity contribution in [3.05, 3.63) is 29.8 Å². The summed E-state index contributed by atoms with van der Waals surface area (Å²) in [5.41, 5.74) is 1.13. The molecule has 2 saturated heterocycles. The van der Waals surface area contributed by atoms with Crippen molar-refractivity contribution in [1.82, 2.24) is 9.80 Å². The van der Waals surface area contributed by atoms with E-state index in [-0.39, 0.29) is 23.7 Å². The zero-order chi connectivity index (χ0) is 16.4. The Kier molecular flexibility index (Phi) is 4.63. The van der Waals surface area contributed by atoms with Crippen molar-refractivity contribution >= 4 is 11.8 Å². The third-order valence-electron chi connectivity index (χ3n) is 4.62. The van der Waals surface area contributed by atoms with Crippen LogP contribution in [0.4, 0.5) is 0 Å². The molecule has 2 aliphatic rings. The minimum Gasteiger partial charge on any atom is -0.497 e. The van der Waals surface area contributed by atoms with Gasteiger partial charge in [0.15, 0.2) is 0 Å². The van der Waals surface area contributed by atoms with Gasteiger partial charge in [-0.2, -0.15) is 0 Å². The van der Waals surface area contributed by atoms with Gasteiger partial charge in [0.2, 0.25) is 11.8 Å². The first-order valence-corrected chi connectivity index (χ1v) is 7.83. The molecular formula is C17H22N2O4. The van der Waals surface area contributed by atoms with Crippen molar-refractivity contribution in [3.8, 4) is 5.75 Å². The number of hydrogen-bond donors (Lipinski definition) is 0. The number of benzene rings is 1. The smallest absolute Gasteiger partial charge is 0.234 e. The third-order valence-corrected chi connectivity index (χ3v) is 4.62. The Morgan fingerprint density at radius 3 is 2.43 bits per heavy atom. The number of nitrogens with zero attached hydrogens (tertiary/aromatic N) is 2. The van der Waals surface area contributed by atoms with Gasteiger partial charge in [0.25, 0.3) is 0 Å². The maximum atomic E-state index is 12.4. The van der Waals surface area contributed by atoms with E-state index in [1.807, 2.05) is 24.3 Å². The molecule has 6 heteroatoms. The molecular weight excluding hydrogens is 296 g/mol. The molecule has 2 aliphatic heterocycles. The van der Waals surface area contributed by atoms with E-state index < -0.39 is 0 Å². The Morgan fingerprint density at radius 1 is 1.13 bits per heavy atom. The molecule has 0 aromatic heterocycles. The molecule has 1 aromatic carbocycles. The molecule has 0 N–H and O–H groups in total. The highest BCUT2D eigenvalue weighted by atomic mass is 16.5. The van der Waals surface area contributed by atoms with Gasteiger partial charge in [0.05, 0.1) is 32.1 Å². The normalized spacial score (nSPS) is 24.3. The van der Waals surface area contributed by atoms with E-state index in [1.165, 1.54) is 4.90 Å². The van der Waals surface area contributed by atoms with Crippen LogP contribution in [0.15, 0.2) is 24.3 Å². The van der Waals surface area contributed by atoms with E-state index in [0.29, 0.717) is 26.2 Å². The number of carbonyl (C=O) groups excluding carboxylic acids is 2. The van der Waals surface area contributed by atoms with Crippen molar-refractivity contribution in [3.63, 3.8) is 0 Å². The zero-order valence-electron chi connectivity index (χ0n) is 13.5. The van der Waals surface area contributed by atoms with Crippen molar-refractivity contribution in [1.29, 1.82) is 0 Å². The fourth-order valence-electron chi connectivity index (χ4n) is 3.46. The Bertz CT molecular complexity index is 580. The van der Waals surface area contributed by atoms with Gasteiger partial charge < -0.3 is 9.47 Å². The van der Waals surface area contributed by atoms with Crippen LogP contribution < -0.4 is 4.74 Å². The van der Waals surface area contributed by atoms with E-state index in [4.69, 9.17) is 9.47 Å².